The zero-order valence-electron chi connectivity index (χ0n) is 14.1. The second-order valence-electron chi connectivity index (χ2n) is 6.04. The quantitative estimate of drug-likeness (QED) is 0.294. The Morgan fingerprint density at radius 1 is 0.800 bits per heavy atom. The normalized spacial score (nSPS) is 12.3. The molecule has 2 nitrogen and oxygen atoms in total. The van der Waals surface area contributed by atoms with Crippen molar-refractivity contribution >= 4 is 5.97 Å². The Kier molecular flexibility index (Phi) is 14.5. The van der Waals surface area contributed by atoms with E-state index in [-0.39, 0.29) is 11.9 Å². The van der Waals surface area contributed by atoms with Crippen LogP contribution in [0.25, 0.3) is 0 Å². The van der Waals surface area contributed by atoms with Crippen molar-refractivity contribution in [1.29, 1.82) is 0 Å². The van der Waals surface area contributed by atoms with Gasteiger partial charge in [-0.3, -0.25) is 4.79 Å². The standard InChI is InChI=1S/C18H36O2/c1-4-6-8-10-12-14-16-20-18(19)17(3)15-13-11-9-7-5-2/h17H,4-16H2,1-3H3. The summed E-state index contributed by atoms with van der Waals surface area (Å²) in [5, 5.41) is 0. The maximum atomic E-state index is 11.8. The molecule has 0 amide bonds. The fraction of sp³-hybridized carbons (Fsp3) is 0.944. The fourth-order valence-electron chi connectivity index (χ4n) is 2.37. The minimum absolute atomic E-state index is 0.00838. The van der Waals surface area contributed by atoms with Crippen LogP contribution in [0.3, 0.4) is 0 Å². The zero-order valence-corrected chi connectivity index (χ0v) is 14.1. The summed E-state index contributed by atoms with van der Waals surface area (Å²) in [5.41, 5.74) is 0. The number of hydrogen-bond acceptors (Lipinski definition) is 2. The number of carbonyl (C=O) groups is 1. The summed E-state index contributed by atoms with van der Waals surface area (Å²) in [6.45, 7) is 7.07. The molecule has 0 aliphatic heterocycles. The molecule has 1 atom stereocenters. The Hall–Kier alpha value is -0.530. The van der Waals surface area contributed by atoms with Crippen LogP contribution in [0, 0.1) is 5.92 Å². The largest absolute Gasteiger partial charge is 0.465 e. The maximum absolute atomic E-state index is 11.8. The van der Waals surface area contributed by atoms with Crippen molar-refractivity contribution in [2.75, 3.05) is 6.61 Å². The van der Waals surface area contributed by atoms with Gasteiger partial charge in [0, 0.05) is 0 Å². The molecule has 2 heteroatoms. The van der Waals surface area contributed by atoms with E-state index in [9.17, 15) is 4.79 Å². The second-order valence-corrected chi connectivity index (χ2v) is 6.04. The van der Waals surface area contributed by atoms with Gasteiger partial charge in [0.15, 0.2) is 0 Å². The highest BCUT2D eigenvalue weighted by Crippen LogP contribution is 2.13. The Labute approximate surface area is 126 Å². The smallest absolute Gasteiger partial charge is 0.308 e. The molecular weight excluding hydrogens is 248 g/mol. The van der Waals surface area contributed by atoms with Gasteiger partial charge in [0.05, 0.1) is 12.5 Å². The van der Waals surface area contributed by atoms with Gasteiger partial charge >= 0.3 is 5.97 Å². The average molecular weight is 284 g/mol. The summed E-state index contributed by atoms with van der Waals surface area (Å²) in [4.78, 5) is 11.8. The first-order valence-corrected chi connectivity index (χ1v) is 8.89. The Bertz CT molecular complexity index is 213. The summed E-state index contributed by atoms with van der Waals surface area (Å²) in [7, 11) is 0. The van der Waals surface area contributed by atoms with Gasteiger partial charge in [0.25, 0.3) is 0 Å². The van der Waals surface area contributed by atoms with E-state index in [1.54, 1.807) is 0 Å². The number of rotatable bonds is 14. The third-order valence-corrected chi connectivity index (χ3v) is 3.89. The molecule has 0 bridgehead atoms. The van der Waals surface area contributed by atoms with Crippen LogP contribution in [-0.2, 0) is 9.53 Å². The molecule has 0 radical (unpaired) electrons. The summed E-state index contributed by atoms with van der Waals surface area (Å²) in [6, 6.07) is 0. The summed E-state index contributed by atoms with van der Waals surface area (Å²) >= 11 is 0. The summed E-state index contributed by atoms with van der Waals surface area (Å²) in [5.74, 6) is 0.0887. The molecule has 0 aromatic carbocycles. The van der Waals surface area contributed by atoms with E-state index in [1.165, 1.54) is 57.8 Å². The first-order chi connectivity index (χ1) is 9.72. The molecule has 0 spiro atoms. The average Bonchev–Trinajstić information content (AvgIpc) is 2.45. The third-order valence-electron chi connectivity index (χ3n) is 3.89. The summed E-state index contributed by atoms with van der Waals surface area (Å²) < 4.78 is 5.35. The molecule has 0 saturated heterocycles. The molecule has 0 aliphatic rings. The Morgan fingerprint density at radius 3 is 1.90 bits per heavy atom. The van der Waals surface area contributed by atoms with Crippen molar-refractivity contribution in [3.05, 3.63) is 0 Å². The topological polar surface area (TPSA) is 26.3 Å². The van der Waals surface area contributed by atoms with E-state index in [0.29, 0.717) is 6.61 Å². The van der Waals surface area contributed by atoms with Gasteiger partial charge in [-0.1, -0.05) is 85.0 Å². The van der Waals surface area contributed by atoms with Gasteiger partial charge < -0.3 is 4.74 Å². The molecule has 0 saturated carbocycles. The van der Waals surface area contributed by atoms with Crippen molar-refractivity contribution < 1.29 is 9.53 Å². The Morgan fingerprint density at radius 2 is 1.30 bits per heavy atom. The second kappa shape index (κ2) is 14.9. The van der Waals surface area contributed by atoms with E-state index in [2.05, 4.69) is 13.8 Å². The van der Waals surface area contributed by atoms with Crippen LogP contribution in [0.1, 0.15) is 97.8 Å². The van der Waals surface area contributed by atoms with Gasteiger partial charge in [0.2, 0.25) is 0 Å². The van der Waals surface area contributed by atoms with Crippen LogP contribution < -0.4 is 0 Å². The van der Waals surface area contributed by atoms with Crippen molar-refractivity contribution in [3.8, 4) is 0 Å². The van der Waals surface area contributed by atoms with Gasteiger partial charge in [-0.2, -0.15) is 0 Å². The van der Waals surface area contributed by atoms with Crippen LogP contribution in [0.15, 0.2) is 0 Å². The number of esters is 1. The van der Waals surface area contributed by atoms with Crippen LogP contribution in [0.4, 0.5) is 0 Å². The highest BCUT2D eigenvalue weighted by Gasteiger charge is 2.13. The zero-order chi connectivity index (χ0) is 15.1. The van der Waals surface area contributed by atoms with Crippen LogP contribution in [-0.4, -0.2) is 12.6 Å². The van der Waals surface area contributed by atoms with E-state index >= 15 is 0 Å². The number of carbonyl (C=O) groups excluding carboxylic acids is 1. The molecule has 0 aromatic heterocycles. The molecule has 0 N–H and O–H groups in total. The molecule has 20 heavy (non-hydrogen) atoms. The molecule has 0 heterocycles. The monoisotopic (exact) mass is 284 g/mol. The molecule has 0 aromatic rings. The highest BCUT2D eigenvalue weighted by atomic mass is 16.5. The molecule has 1 unspecified atom stereocenters. The maximum Gasteiger partial charge on any atom is 0.308 e. The summed E-state index contributed by atoms with van der Waals surface area (Å²) in [6.07, 6.45) is 14.7. The number of hydrogen-bond donors (Lipinski definition) is 0. The van der Waals surface area contributed by atoms with E-state index < -0.39 is 0 Å². The Balaban J connectivity index is 3.36. The SMILES string of the molecule is CCCCCCCCOC(=O)C(C)CCCCCCC. The first kappa shape index (κ1) is 19.5. The number of unbranched alkanes of at least 4 members (excludes halogenated alkanes) is 9. The van der Waals surface area contributed by atoms with E-state index in [4.69, 9.17) is 4.74 Å². The predicted molar refractivity (Wildman–Crippen MR) is 86.9 cm³/mol. The van der Waals surface area contributed by atoms with Crippen molar-refractivity contribution in [2.24, 2.45) is 5.92 Å². The molecule has 0 aliphatic carbocycles. The molecule has 0 rings (SSSR count). The third kappa shape index (κ3) is 12.5. The number of ether oxygens (including phenoxy) is 1. The lowest BCUT2D eigenvalue weighted by Crippen LogP contribution is -2.15. The van der Waals surface area contributed by atoms with Crippen molar-refractivity contribution in [3.63, 3.8) is 0 Å². The van der Waals surface area contributed by atoms with Crippen LogP contribution in [0.5, 0.6) is 0 Å². The first-order valence-electron chi connectivity index (χ1n) is 8.89. The van der Waals surface area contributed by atoms with Crippen LogP contribution >= 0.6 is 0 Å². The predicted octanol–water partition coefficient (Wildman–Crippen LogP) is 5.89. The van der Waals surface area contributed by atoms with Gasteiger partial charge in [-0.25, -0.2) is 0 Å². The van der Waals surface area contributed by atoms with Crippen molar-refractivity contribution in [1.82, 2.24) is 0 Å². The van der Waals surface area contributed by atoms with E-state index in [0.717, 1.165) is 19.3 Å². The molecule has 120 valence electrons. The van der Waals surface area contributed by atoms with Gasteiger partial charge in [0.1, 0.15) is 0 Å². The van der Waals surface area contributed by atoms with Gasteiger partial charge in [-0.05, 0) is 12.8 Å². The lowest BCUT2D eigenvalue weighted by atomic mass is 10.0. The van der Waals surface area contributed by atoms with Gasteiger partial charge in [-0.15, -0.1) is 0 Å². The molecular formula is C18H36O2. The minimum atomic E-state index is 0.00838. The lowest BCUT2D eigenvalue weighted by molar-refractivity contribution is -0.148. The van der Waals surface area contributed by atoms with Crippen LogP contribution in [0.2, 0.25) is 0 Å². The van der Waals surface area contributed by atoms with Crippen molar-refractivity contribution in [2.45, 2.75) is 97.8 Å². The minimum Gasteiger partial charge on any atom is -0.465 e. The lowest BCUT2D eigenvalue weighted by Gasteiger charge is -2.11. The highest BCUT2D eigenvalue weighted by molar-refractivity contribution is 5.71. The van der Waals surface area contributed by atoms with E-state index in [1.807, 2.05) is 6.92 Å². The molecule has 0 fully saturated rings. The fourth-order valence-corrected chi connectivity index (χ4v) is 2.37.